The van der Waals surface area contributed by atoms with Gasteiger partial charge in [0.05, 0.1) is 18.2 Å². The largest absolute Gasteiger partial charge is 0.494 e. The van der Waals surface area contributed by atoms with E-state index in [1.807, 2.05) is 43.3 Å². The number of aromatic nitrogens is 2. The number of carboxylic acid groups (broad SMARTS) is 1. The molecule has 0 saturated carbocycles. The summed E-state index contributed by atoms with van der Waals surface area (Å²) in [6, 6.07) is 19.2. The van der Waals surface area contributed by atoms with Gasteiger partial charge in [0, 0.05) is 12.1 Å². The molecule has 5 nitrogen and oxygen atoms in total. The number of methoxy groups -OCH3 is 1. The number of imidazole rings is 1. The molecule has 4 rings (SSSR count). The Kier molecular flexibility index (Phi) is 5.76. The zero-order valence-electron chi connectivity index (χ0n) is 18.1. The first-order chi connectivity index (χ1) is 15.0. The van der Waals surface area contributed by atoms with Crippen molar-refractivity contribution in [2.24, 2.45) is 0 Å². The number of nitrogens with zero attached hydrogens (tertiary/aromatic N) is 2. The number of unbranched alkanes of at least 4 members (excludes halogenated alkanes) is 1. The highest BCUT2D eigenvalue weighted by Gasteiger charge is 2.17. The van der Waals surface area contributed by atoms with Gasteiger partial charge in [0.15, 0.2) is 0 Å². The van der Waals surface area contributed by atoms with Crippen molar-refractivity contribution >= 4 is 17.0 Å². The lowest BCUT2D eigenvalue weighted by Crippen LogP contribution is -2.03. The van der Waals surface area contributed by atoms with Crippen molar-refractivity contribution < 1.29 is 14.6 Å². The Hall–Kier alpha value is -3.60. The highest BCUT2D eigenvalue weighted by molar-refractivity contribution is 5.96. The van der Waals surface area contributed by atoms with Gasteiger partial charge in [0.2, 0.25) is 0 Å². The molecular weight excluding hydrogens is 388 g/mol. The molecule has 31 heavy (non-hydrogen) atoms. The third-order valence-electron chi connectivity index (χ3n) is 5.61. The molecule has 0 bridgehead atoms. The molecule has 0 saturated heterocycles. The number of benzene rings is 3. The summed E-state index contributed by atoms with van der Waals surface area (Å²) in [6.45, 7) is 4.19. The van der Waals surface area contributed by atoms with Gasteiger partial charge in [-0.15, -0.1) is 0 Å². The average Bonchev–Trinajstić information content (AvgIpc) is 3.16. The molecule has 0 unspecified atom stereocenters. The SMILES string of the molecule is CCCCc1nc2c(OC)cccc2n1-c1ccc(-c2ccccc2C(=O)O)c(C)c1. The van der Waals surface area contributed by atoms with Crippen molar-refractivity contribution in [3.05, 3.63) is 77.6 Å². The summed E-state index contributed by atoms with van der Waals surface area (Å²) in [5.41, 5.74) is 5.83. The summed E-state index contributed by atoms with van der Waals surface area (Å²) >= 11 is 0. The van der Waals surface area contributed by atoms with E-state index in [4.69, 9.17) is 9.72 Å². The quantitative estimate of drug-likeness (QED) is 0.400. The lowest BCUT2D eigenvalue weighted by Gasteiger charge is -2.14. The first-order valence-corrected chi connectivity index (χ1v) is 10.5. The van der Waals surface area contributed by atoms with E-state index in [1.54, 1.807) is 19.2 Å². The molecular formula is C26H26N2O3. The van der Waals surface area contributed by atoms with Crippen LogP contribution in [0.5, 0.6) is 5.75 Å². The molecule has 5 heteroatoms. The van der Waals surface area contributed by atoms with Gasteiger partial charge in [-0.25, -0.2) is 9.78 Å². The summed E-state index contributed by atoms with van der Waals surface area (Å²) in [6.07, 6.45) is 3.01. The monoisotopic (exact) mass is 414 g/mol. The van der Waals surface area contributed by atoms with Crippen LogP contribution in [-0.4, -0.2) is 27.7 Å². The van der Waals surface area contributed by atoms with E-state index >= 15 is 0 Å². The second-order valence-corrected chi connectivity index (χ2v) is 7.64. The molecule has 4 aromatic rings. The molecule has 0 fully saturated rings. The van der Waals surface area contributed by atoms with Crippen molar-refractivity contribution in [2.75, 3.05) is 7.11 Å². The number of hydrogen-bond acceptors (Lipinski definition) is 3. The molecule has 0 aliphatic heterocycles. The van der Waals surface area contributed by atoms with Gasteiger partial charge in [-0.05, 0) is 60.4 Å². The van der Waals surface area contributed by atoms with Gasteiger partial charge in [0.25, 0.3) is 0 Å². The number of carbonyl (C=O) groups is 1. The maximum absolute atomic E-state index is 11.7. The number of fused-ring (bicyclic) bond motifs is 1. The van der Waals surface area contributed by atoms with E-state index < -0.39 is 5.97 Å². The highest BCUT2D eigenvalue weighted by Crippen LogP contribution is 2.32. The number of para-hydroxylation sites is 1. The van der Waals surface area contributed by atoms with Gasteiger partial charge in [0.1, 0.15) is 17.1 Å². The van der Waals surface area contributed by atoms with E-state index in [9.17, 15) is 9.90 Å². The van der Waals surface area contributed by atoms with Crippen LogP contribution in [0.3, 0.4) is 0 Å². The van der Waals surface area contributed by atoms with Crippen molar-refractivity contribution in [1.82, 2.24) is 9.55 Å². The Labute approximate surface area is 181 Å². The van der Waals surface area contributed by atoms with Crippen molar-refractivity contribution in [1.29, 1.82) is 0 Å². The molecule has 0 atom stereocenters. The number of aryl methyl sites for hydroxylation is 2. The lowest BCUT2D eigenvalue weighted by atomic mass is 9.95. The lowest BCUT2D eigenvalue weighted by molar-refractivity contribution is 0.0697. The third-order valence-corrected chi connectivity index (χ3v) is 5.61. The second kappa shape index (κ2) is 8.64. The van der Waals surface area contributed by atoms with Gasteiger partial charge in [-0.1, -0.05) is 43.7 Å². The van der Waals surface area contributed by atoms with Crippen LogP contribution in [0.2, 0.25) is 0 Å². The number of carboxylic acids is 1. The Balaban J connectivity index is 1.88. The van der Waals surface area contributed by atoms with Crippen LogP contribution in [0.15, 0.2) is 60.7 Å². The predicted molar refractivity (Wildman–Crippen MR) is 123 cm³/mol. The number of hydrogen-bond donors (Lipinski definition) is 1. The Bertz CT molecular complexity index is 1260. The molecule has 1 aromatic heterocycles. The first-order valence-electron chi connectivity index (χ1n) is 10.5. The maximum Gasteiger partial charge on any atom is 0.336 e. The summed E-state index contributed by atoms with van der Waals surface area (Å²) in [7, 11) is 1.67. The predicted octanol–water partition coefficient (Wildman–Crippen LogP) is 6.05. The fourth-order valence-electron chi connectivity index (χ4n) is 4.07. The minimum absolute atomic E-state index is 0.305. The molecule has 1 heterocycles. The smallest absolute Gasteiger partial charge is 0.336 e. The molecule has 0 aliphatic rings. The van der Waals surface area contributed by atoms with Crippen LogP contribution in [-0.2, 0) is 6.42 Å². The molecule has 1 N–H and O–H groups in total. The van der Waals surface area contributed by atoms with Crippen LogP contribution < -0.4 is 4.74 Å². The maximum atomic E-state index is 11.7. The summed E-state index contributed by atoms with van der Waals surface area (Å²) in [4.78, 5) is 16.6. The zero-order chi connectivity index (χ0) is 22.0. The second-order valence-electron chi connectivity index (χ2n) is 7.64. The summed E-state index contributed by atoms with van der Waals surface area (Å²) < 4.78 is 7.73. The van der Waals surface area contributed by atoms with Crippen LogP contribution in [0.4, 0.5) is 0 Å². The van der Waals surface area contributed by atoms with E-state index in [0.717, 1.165) is 64.2 Å². The van der Waals surface area contributed by atoms with E-state index in [1.165, 1.54) is 0 Å². The minimum Gasteiger partial charge on any atom is -0.494 e. The Morgan fingerprint density at radius 2 is 1.87 bits per heavy atom. The van der Waals surface area contributed by atoms with Crippen LogP contribution >= 0.6 is 0 Å². The summed E-state index contributed by atoms with van der Waals surface area (Å²) in [5.74, 6) is 0.839. The van der Waals surface area contributed by atoms with Crippen LogP contribution in [0, 0.1) is 6.92 Å². The molecule has 3 aromatic carbocycles. The number of rotatable bonds is 7. The van der Waals surface area contributed by atoms with E-state index in [-0.39, 0.29) is 0 Å². The summed E-state index contributed by atoms with van der Waals surface area (Å²) in [5, 5.41) is 9.58. The zero-order valence-corrected chi connectivity index (χ0v) is 18.1. The number of ether oxygens (including phenoxy) is 1. The normalized spacial score (nSPS) is 11.1. The minimum atomic E-state index is -0.923. The average molecular weight is 415 g/mol. The van der Waals surface area contributed by atoms with Gasteiger partial charge < -0.3 is 9.84 Å². The Morgan fingerprint density at radius 1 is 1.06 bits per heavy atom. The molecule has 0 aliphatic carbocycles. The standard InChI is InChI=1S/C26H26N2O3/c1-4-5-13-24-27-25-22(11-8-12-23(25)31-3)28(24)18-14-15-19(17(2)16-18)20-9-6-7-10-21(20)26(29)30/h6-12,14-16H,4-5,13H2,1-3H3,(H,29,30). The van der Waals surface area contributed by atoms with E-state index in [2.05, 4.69) is 23.6 Å². The molecule has 158 valence electrons. The van der Waals surface area contributed by atoms with Gasteiger partial charge in [-0.3, -0.25) is 4.57 Å². The molecule has 0 radical (unpaired) electrons. The van der Waals surface area contributed by atoms with Gasteiger partial charge >= 0.3 is 5.97 Å². The fraction of sp³-hybridized carbons (Fsp3) is 0.231. The van der Waals surface area contributed by atoms with Crippen molar-refractivity contribution in [3.63, 3.8) is 0 Å². The van der Waals surface area contributed by atoms with Crippen molar-refractivity contribution in [3.8, 4) is 22.6 Å². The Morgan fingerprint density at radius 3 is 2.58 bits per heavy atom. The van der Waals surface area contributed by atoms with Crippen LogP contribution in [0.25, 0.3) is 27.8 Å². The van der Waals surface area contributed by atoms with Crippen LogP contribution in [0.1, 0.15) is 41.5 Å². The molecule has 0 spiro atoms. The van der Waals surface area contributed by atoms with Crippen molar-refractivity contribution in [2.45, 2.75) is 33.1 Å². The highest BCUT2D eigenvalue weighted by atomic mass is 16.5. The number of aromatic carboxylic acids is 1. The molecule has 0 amide bonds. The first kappa shape index (κ1) is 20.7. The fourth-order valence-corrected chi connectivity index (χ4v) is 4.07. The van der Waals surface area contributed by atoms with Gasteiger partial charge in [-0.2, -0.15) is 0 Å². The topological polar surface area (TPSA) is 64.4 Å². The van der Waals surface area contributed by atoms with E-state index in [0.29, 0.717) is 5.56 Å². The third kappa shape index (κ3) is 3.79.